The Kier molecular flexibility index (Phi) is 13.2. The van der Waals surface area contributed by atoms with Crippen molar-refractivity contribution in [3.05, 3.63) is 485 Å². The molecule has 0 aliphatic rings. The molecule has 3 nitrogen and oxygen atoms in total. The molecule has 0 fully saturated rings. The molecule has 0 aliphatic heterocycles. The van der Waals surface area contributed by atoms with E-state index in [1.54, 1.807) is 18.2 Å². The molecule has 0 N–H and O–H groups in total. The Morgan fingerprint density at radius 3 is 0.807 bits per heavy atom. The lowest BCUT2D eigenvalue weighted by Crippen LogP contribution is -1.92. The standard InChI is InChI=1S/2C46H28O.C40H24O/c1-2-16-33-29(12-1)26-27-30-13-10-22-34(43(30)33)31-14-9-15-32(28-31)44-35-17-3-5-19-37(35)45(38-20-6-4-18-36(38)44)40-23-11-25-42-46(40)39-21-7-8-24-41(39)47-42;1-2-12-32-29(11-1)27-28-35-33(18-9-19-34(32)35)30-23-25-31(26-24-30)44-36-13-3-5-15-38(36)45(39-16-6-4-14-37(39)44)41-20-10-22-43-46(41)40-17-7-8-21-42(40)47-43;1-2-13-27-25(11-1)23-24-26-12-9-19-33(37(26)27)38-28-14-3-5-16-30(28)39(31-17-6-4-15-29(31)38)34-20-10-22-36-40(34)32-18-7-8-21-35(32)41-36/h2*1-28H;1-24H/i3D,4D,5D,6D,17D,18D,19D,20D;3D,4D,5D,6D,13D,14D,15D,16D;3D,4D,5D,6D,14D,15D,16D,17D. The van der Waals surface area contributed by atoms with Crippen LogP contribution in [0.5, 0.6) is 0 Å². The SMILES string of the molecule is [2H]c1c([2H])c([2H])c2c(-c3cccc4oc5ccccc5c34)c3c([2H])c([2H])c([2H])c([2H])c3c(-c3ccc(-c4cccc5c4ccc4ccccc45)cc3)c2c1[2H].[2H]c1c([2H])c([2H])c2c(-c3cccc4oc5ccccc5c34)c3c([2H])c([2H])c([2H])c([2H])c3c(-c3cccc(-c4cccc5ccc6ccccc6c45)c3)c2c1[2H].[2H]c1c([2H])c([2H])c2c(-c3cccc4oc5ccccc5c34)c3c([2H])c([2H])c([2H])c([2H])c3c(-c3cccc4ccc5ccccc5c34)c2c1[2H]. The van der Waals surface area contributed by atoms with E-state index in [0.29, 0.717) is 116 Å². The molecule has 0 atom stereocenters. The van der Waals surface area contributed by atoms with Crippen molar-refractivity contribution in [3.63, 3.8) is 0 Å². The largest absolute Gasteiger partial charge is 0.456 e. The number of benzene rings is 26. The van der Waals surface area contributed by atoms with Crippen LogP contribution in [0.25, 0.3) is 284 Å². The third-order valence-corrected chi connectivity index (χ3v) is 26.7. The average Bonchev–Trinajstić information content (AvgIpc) is 1.48. The molecule has 0 aliphatic carbocycles. The summed E-state index contributed by atoms with van der Waals surface area (Å²) in [6.07, 6.45) is 0. The van der Waals surface area contributed by atoms with Crippen LogP contribution in [-0.4, -0.2) is 0 Å². The van der Waals surface area contributed by atoms with Crippen molar-refractivity contribution < 1.29 is 46.1 Å². The van der Waals surface area contributed by atoms with Crippen LogP contribution < -0.4 is 0 Å². The number of hydrogen-bond donors (Lipinski definition) is 0. The first-order valence-electron chi connectivity index (χ1n) is 56.5. The van der Waals surface area contributed by atoms with Gasteiger partial charge in [0.25, 0.3) is 0 Å². The molecule has 29 rings (SSSR count). The van der Waals surface area contributed by atoms with E-state index in [4.69, 9.17) is 29.7 Å². The number of fused-ring (bicyclic) bond motifs is 24. The maximum absolute atomic E-state index is 9.45. The first kappa shape index (κ1) is 56.6. The van der Waals surface area contributed by atoms with E-state index >= 15 is 0 Å². The summed E-state index contributed by atoms with van der Waals surface area (Å²) in [6, 6.07) is 100. The Bertz CT molecular complexity index is 11300. The lowest BCUT2D eigenvalue weighted by Gasteiger charge is -2.19. The van der Waals surface area contributed by atoms with Gasteiger partial charge in [-0.3, -0.25) is 0 Å². The van der Waals surface area contributed by atoms with Crippen molar-refractivity contribution in [2.45, 2.75) is 0 Å². The highest BCUT2D eigenvalue weighted by Crippen LogP contribution is 2.54. The molecule has 0 saturated heterocycles. The van der Waals surface area contributed by atoms with Crippen LogP contribution in [0, 0.1) is 0 Å². The molecule has 626 valence electrons. The molecule has 3 heteroatoms. The van der Waals surface area contributed by atoms with Gasteiger partial charge in [-0.25, -0.2) is 0 Å². The van der Waals surface area contributed by atoms with E-state index in [2.05, 4.69) is 72.8 Å². The van der Waals surface area contributed by atoms with E-state index in [0.717, 1.165) is 103 Å². The van der Waals surface area contributed by atoms with Gasteiger partial charge in [-0.1, -0.05) is 442 Å². The molecule has 0 spiro atoms. The Balaban J connectivity index is 0.000000116. The zero-order valence-electron chi connectivity index (χ0n) is 95.6. The molecule has 3 aromatic heterocycles. The topological polar surface area (TPSA) is 39.4 Å². The molecule has 0 amide bonds. The smallest absolute Gasteiger partial charge is 0.136 e. The van der Waals surface area contributed by atoms with Crippen molar-refractivity contribution >= 4 is 195 Å². The summed E-state index contributed by atoms with van der Waals surface area (Å²) in [5.74, 6) is 0. The molecule has 135 heavy (non-hydrogen) atoms. The van der Waals surface area contributed by atoms with Gasteiger partial charge in [-0.15, -0.1) is 0 Å². The second-order valence-electron chi connectivity index (χ2n) is 33.8. The number of para-hydroxylation sites is 3. The predicted octanol–water partition coefficient (Wildman–Crippen LogP) is 37.9. The van der Waals surface area contributed by atoms with Gasteiger partial charge in [0.1, 0.15) is 33.5 Å². The normalized spacial score (nSPS) is 14.3. The fourth-order valence-corrected chi connectivity index (χ4v) is 21.0. The molecule has 0 bridgehead atoms. The zero-order chi connectivity index (χ0) is 110. The van der Waals surface area contributed by atoms with Crippen LogP contribution >= 0.6 is 0 Å². The quantitative estimate of drug-likeness (QED) is 0.112. The highest BCUT2D eigenvalue weighted by atomic mass is 16.3. The summed E-state index contributed by atoms with van der Waals surface area (Å²) >= 11 is 0. The maximum atomic E-state index is 9.45. The summed E-state index contributed by atoms with van der Waals surface area (Å²) in [7, 11) is 0. The molecular weight excluding hydrogens is 1630 g/mol. The number of rotatable bonds is 8. The molecular formula is C132H80O3. The summed E-state index contributed by atoms with van der Waals surface area (Å²) in [6.45, 7) is 0. The Labute approximate surface area is 810 Å². The zero-order valence-corrected chi connectivity index (χ0v) is 71.6. The molecule has 0 unspecified atom stereocenters. The summed E-state index contributed by atoms with van der Waals surface area (Å²) in [5, 5.41) is 18.8. The lowest BCUT2D eigenvalue weighted by atomic mass is 9.83. The van der Waals surface area contributed by atoms with Crippen molar-refractivity contribution in [2.75, 3.05) is 0 Å². The maximum Gasteiger partial charge on any atom is 0.136 e. The van der Waals surface area contributed by atoms with E-state index in [-0.39, 0.29) is 137 Å². The Morgan fingerprint density at radius 2 is 0.393 bits per heavy atom. The van der Waals surface area contributed by atoms with Gasteiger partial charge in [0.2, 0.25) is 0 Å². The first-order chi connectivity index (χ1) is 77.0. The van der Waals surface area contributed by atoms with Crippen LogP contribution in [0.15, 0.2) is 498 Å². The Hall–Kier alpha value is -17.8. The molecule has 26 aromatic carbocycles. The van der Waals surface area contributed by atoms with Gasteiger partial charge >= 0.3 is 0 Å². The predicted molar refractivity (Wildman–Crippen MR) is 575 cm³/mol. The van der Waals surface area contributed by atoms with Gasteiger partial charge in [-0.2, -0.15) is 0 Å². The highest BCUT2D eigenvalue weighted by molar-refractivity contribution is 6.32. The van der Waals surface area contributed by atoms with Gasteiger partial charge in [0.15, 0.2) is 0 Å². The molecule has 0 radical (unpaired) electrons. The monoisotopic (exact) mass is 1740 g/mol. The fourth-order valence-electron chi connectivity index (χ4n) is 21.0. The highest BCUT2D eigenvalue weighted by Gasteiger charge is 2.27. The summed E-state index contributed by atoms with van der Waals surface area (Å²) in [5.41, 5.74) is 12.4. The molecule has 0 saturated carbocycles. The minimum absolute atomic E-state index is 0.165. The fraction of sp³-hybridized carbons (Fsp3) is 0. The second-order valence-corrected chi connectivity index (χ2v) is 33.8. The third-order valence-electron chi connectivity index (χ3n) is 26.7. The van der Waals surface area contributed by atoms with E-state index in [1.807, 2.05) is 249 Å². The van der Waals surface area contributed by atoms with Crippen LogP contribution in [0.3, 0.4) is 0 Å². The summed E-state index contributed by atoms with van der Waals surface area (Å²) < 4.78 is 238. The van der Waals surface area contributed by atoms with Crippen molar-refractivity contribution in [1.82, 2.24) is 0 Å². The van der Waals surface area contributed by atoms with E-state index in [1.165, 1.54) is 0 Å². The van der Waals surface area contributed by atoms with Crippen molar-refractivity contribution in [3.8, 4) is 89.0 Å². The molecule has 3 heterocycles. The minimum Gasteiger partial charge on any atom is -0.456 e. The second kappa shape index (κ2) is 31.5. The van der Waals surface area contributed by atoms with Gasteiger partial charge in [0.05, 0.1) is 32.9 Å². The lowest BCUT2D eigenvalue weighted by molar-refractivity contribution is 0.668. The first-order valence-corrected chi connectivity index (χ1v) is 44.5. The van der Waals surface area contributed by atoms with Gasteiger partial charge < -0.3 is 13.3 Å². The minimum atomic E-state index is -0.439. The van der Waals surface area contributed by atoms with E-state index < -0.39 is 72.5 Å². The molecule has 29 aromatic rings. The van der Waals surface area contributed by atoms with E-state index in [9.17, 15) is 16.4 Å². The van der Waals surface area contributed by atoms with Crippen molar-refractivity contribution in [2.24, 2.45) is 0 Å². The third kappa shape index (κ3) is 12.4. The van der Waals surface area contributed by atoms with Crippen LogP contribution in [0.4, 0.5) is 0 Å². The summed E-state index contributed by atoms with van der Waals surface area (Å²) in [4.78, 5) is 0. The number of furan rings is 3. The van der Waals surface area contributed by atoms with Crippen LogP contribution in [0.2, 0.25) is 0 Å². The van der Waals surface area contributed by atoms with Gasteiger partial charge in [0, 0.05) is 32.3 Å². The van der Waals surface area contributed by atoms with Crippen molar-refractivity contribution in [1.29, 1.82) is 0 Å². The Morgan fingerprint density at radius 1 is 0.133 bits per heavy atom. The number of hydrogen-bond acceptors (Lipinski definition) is 3. The van der Waals surface area contributed by atoms with Crippen LogP contribution in [-0.2, 0) is 0 Å². The average molecular weight is 1740 g/mol. The van der Waals surface area contributed by atoms with Crippen LogP contribution in [0.1, 0.15) is 32.9 Å². The van der Waals surface area contributed by atoms with Gasteiger partial charge in [-0.05, 0) is 261 Å².